The normalized spacial score (nSPS) is 11.2. The summed E-state index contributed by atoms with van der Waals surface area (Å²) in [5.74, 6) is -0.108. The molecule has 0 unspecified atom stereocenters. The van der Waals surface area contributed by atoms with E-state index in [1.165, 1.54) is 18.2 Å². The van der Waals surface area contributed by atoms with Gasteiger partial charge >= 0.3 is 0 Å². The fourth-order valence-electron chi connectivity index (χ4n) is 1.84. The molecule has 0 atom stereocenters. The lowest BCUT2D eigenvalue weighted by atomic mass is 10.1. The minimum Gasteiger partial charge on any atom is -0.487 e. The number of benzene rings is 2. The van der Waals surface area contributed by atoms with Crippen molar-refractivity contribution in [3.05, 3.63) is 59.7 Å². The van der Waals surface area contributed by atoms with Crippen LogP contribution in [0.3, 0.4) is 0 Å². The Bertz CT molecular complexity index is 775. The molecular formula is C15H14BrNO4S. The van der Waals surface area contributed by atoms with Gasteiger partial charge in [0.1, 0.15) is 17.3 Å². The van der Waals surface area contributed by atoms with Crippen molar-refractivity contribution in [3.8, 4) is 5.75 Å². The number of Topliss-reactive ketones (excluding diaryl/α,β-unsaturated/α-hetero) is 1. The summed E-state index contributed by atoms with van der Waals surface area (Å²) in [5, 5.41) is 5.32. The molecule has 116 valence electrons. The smallest absolute Gasteiger partial charge is 0.241 e. The Morgan fingerprint density at radius 1 is 1.14 bits per heavy atom. The zero-order chi connectivity index (χ0) is 16.2. The average molecular weight is 384 g/mol. The van der Waals surface area contributed by atoms with Crippen molar-refractivity contribution in [2.45, 2.75) is 11.5 Å². The molecule has 5 nitrogen and oxygen atoms in total. The number of carbonyl (C=O) groups excluding carboxylic acids is 1. The summed E-state index contributed by atoms with van der Waals surface area (Å²) in [7, 11) is -3.94. The quantitative estimate of drug-likeness (QED) is 0.613. The Hall–Kier alpha value is -1.70. The molecule has 0 radical (unpaired) electrons. The van der Waals surface area contributed by atoms with Gasteiger partial charge < -0.3 is 4.74 Å². The van der Waals surface area contributed by atoms with Gasteiger partial charge in [0.15, 0.2) is 5.78 Å². The molecule has 0 aliphatic heterocycles. The van der Waals surface area contributed by atoms with Crippen molar-refractivity contribution >= 4 is 31.7 Å². The van der Waals surface area contributed by atoms with Crippen LogP contribution in [0.4, 0.5) is 0 Å². The third-order valence-corrected chi connectivity index (χ3v) is 4.39. The number of halogens is 1. The highest BCUT2D eigenvalue weighted by molar-refractivity contribution is 9.09. The zero-order valence-corrected chi connectivity index (χ0v) is 13.9. The van der Waals surface area contributed by atoms with Crippen LogP contribution in [0.15, 0.2) is 53.4 Å². The summed E-state index contributed by atoms with van der Waals surface area (Å²) in [6, 6.07) is 13.4. The molecule has 0 aliphatic rings. The Labute approximate surface area is 137 Å². The van der Waals surface area contributed by atoms with Gasteiger partial charge in [-0.2, -0.15) is 0 Å². The van der Waals surface area contributed by atoms with Crippen molar-refractivity contribution in [2.24, 2.45) is 5.14 Å². The highest BCUT2D eigenvalue weighted by Crippen LogP contribution is 2.25. The lowest BCUT2D eigenvalue weighted by molar-refractivity contribution is 0.102. The van der Waals surface area contributed by atoms with Crippen LogP contribution in [0, 0.1) is 0 Å². The van der Waals surface area contributed by atoms with Gasteiger partial charge in [0.2, 0.25) is 10.0 Å². The van der Waals surface area contributed by atoms with E-state index in [9.17, 15) is 13.2 Å². The first-order valence-corrected chi connectivity index (χ1v) is 9.01. The molecule has 2 aromatic carbocycles. The molecule has 0 fully saturated rings. The summed E-state index contributed by atoms with van der Waals surface area (Å²) in [4.78, 5) is 11.6. The monoisotopic (exact) mass is 383 g/mol. The van der Waals surface area contributed by atoms with Crippen LogP contribution in [0.25, 0.3) is 0 Å². The van der Waals surface area contributed by atoms with Gasteiger partial charge in [0, 0.05) is 5.56 Å². The molecule has 0 saturated carbocycles. The molecule has 0 amide bonds. The number of hydrogen-bond acceptors (Lipinski definition) is 4. The first-order chi connectivity index (χ1) is 10.4. The number of primary sulfonamides is 1. The Morgan fingerprint density at radius 2 is 1.82 bits per heavy atom. The number of alkyl halides is 1. The zero-order valence-electron chi connectivity index (χ0n) is 11.5. The Balaban J connectivity index is 2.35. The maximum absolute atomic E-state index is 11.7. The molecule has 0 spiro atoms. The highest BCUT2D eigenvalue weighted by atomic mass is 79.9. The van der Waals surface area contributed by atoms with Gasteiger partial charge in [-0.05, 0) is 23.8 Å². The van der Waals surface area contributed by atoms with Crippen molar-refractivity contribution in [1.29, 1.82) is 0 Å². The van der Waals surface area contributed by atoms with E-state index < -0.39 is 10.0 Å². The van der Waals surface area contributed by atoms with E-state index in [1.54, 1.807) is 0 Å². The van der Waals surface area contributed by atoms with Gasteiger partial charge in [0.05, 0.1) is 5.33 Å². The Kier molecular flexibility index (Phi) is 5.33. The molecule has 2 N–H and O–H groups in total. The average Bonchev–Trinajstić information content (AvgIpc) is 2.52. The molecule has 0 aromatic heterocycles. The number of carbonyl (C=O) groups is 1. The predicted molar refractivity (Wildman–Crippen MR) is 86.7 cm³/mol. The van der Waals surface area contributed by atoms with Gasteiger partial charge in [-0.25, -0.2) is 13.6 Å². The van der Waals surface area contributed by atoms with Gasteiger partial charge in [-0.3, -0.25) is 4.79 Å². The molecule has 2 rings (SSSR count). The lowest BCUT2D eigenvalue weighted by Gasteiger charge is -2.11. The fraction of sp³-hybridized carbons (Fsp3) is 0.133. The topological polar surface area (TPSA) is 86.5 Å². The molecule has 0 bridgehead atoms. The van der Waals surface area contributed by atoms with Gasteiger partial charge in [-0.15, -0.1) is 0 Å². The highest BCUT2D eigenvalue weighted by Gasteiger charge is 2.17. The summed E-state index contributed by atoms with van der Waals surface area (Å²) in [6.07, 6.45) is 0. The van der Waals surface area contributed by atoms with Crippen LogP contribution >= 0.6 is 15.9 Å². The second-order valence-electron chi connectivity index (χ2n) is 4.54. The van der Waals surface area contributed by atoms with Gasteiger partial charge in [-0.1, -0.05) is 46.3 Å². The van der Waals surface area contributed by atoms with E-state index in [-0.39, 0.29) is 28.4 Å². The molecule has 2 aromatic rings. The second-order valence-corrected chi connectivity index (χ2v) is 6.63. The minimum atomic E-state index is -3.94. The van der Waals surface area contributed by atoms with Crippen LogP contribution in [0.1, 0.15) is 15.9 Å². The van der Waals surface area contributed by atoms with Crippen molar-refractivity contribution < 1.29 is 17.9 Å². The second kappa shape index (κ2) is 7.04. The summed E-state index contributed by atoms with van der Waals surface area (Å²) >= 11 is 3.08. The number of nitrogens with two attached hydrogens (primary N) is 1. The van der Waals surface area contributed by atoms with Crippen LogP contribution < -0.4 is 9.88 Å². The van der Waals surface area contributed by atoms with Crippen LogP contribution in [0.5, 0.6) is 5.75 Å². The molecule has 0 saturated heterocycles. The van der Waals surface area contributed by atoms with Crippen LogP contribution in [-0.4, -0.2) is 19.5 Å². The molecule has 0 aliphatic carbocycles. The van der Waals surface area contributed by atoms with E-state index in [4.69, 9.17) is 9.88 Å². The number of ether oxygens (including phenoxy) is 1. The summed E-state index contributed by atoms with van der Waals surface area (Å²) in [5.41, 5.74) is 1.23. The lowest BCUT2D eigenvalue weighted by Crippen LogP contribution is -2.14. The van der Waals surface area contributed by atoms with E-state index in [2.05, 4.69) is 15.9 Å². The number of sulfonamides is 1. The van der Waals surface area contributed by atoms with Gasteiger partial charge in [0.25, 0.3) is 0 Å². The summed E-state index contributed by atoms with van der Waals surface area (Å²) < 4.78 is 28.8. The Morgan fingerprint density at radius 3 is 2.41 bits per heavy atom. The molecule has 0 heterocycles. The fourth-order valence-corrected chi connectivity index (χ4v) is 2.82. The number of hydrogen-bond donors (Lipinski definition) is 1. The van der Waals surface area contributed by atoms with Crippen molar-refractivity contribution in [1.82, 2.24) is 0 Å². The van der Waals surface area contributed by atoms with Crippen molar-refractivity contribution in [3.63, 3.8) is 0 Å². The van der Waals surface area contributed by atoms with Crippen LogP contribution in [-0.2, 0) is 16.6 Å². The first-order valence-electron chi connectivity index (χ1n) is 6.34. The van der Waals surface area contributed by atoms with E-state index in [0.717, 1.165) is 5.56 Å². The third-order valence-electron chi connectivity index (χ3n) is 2.93. The van der Waals surface area contributed by atoms with Crippen LogP contribution in [0.2, 0.25) is 0 Å². The standard InChI is InChI=1S/C15H14BrNO4S/c16-9-13(18)12-6-7-15(22(17,19)20)14(8-12)21-10-11-4-2-1-3-5-11/h1-8H,9-10H2,(H2,17,19,20). The summed E-state index contributed by atoms with van der Waals surface area (Å²) in [6.45, 7) is 0.176. The maximum Gasteiger partial charge on any atom is 0.241 e. The maximum atomic E-state index is 11.7. The molecule has 22 heavy (non-hydrogen) atoms. The van der Waals surface area contributed by atoms with Crippen molar-refractivity contribution in [2.75, 3.05) is 5.33 Å². The molecular weight excluding hydrogens is 370 g/mol. The largest absolute Gasteiger partial charge is 0.487 e. The number of rotatable bonds is 6. The minimum absolute atomic E-state index is 0.0677. The SMILES string of the molecule is NS(=O)(=O)c1ccc(C(=O)CBr)cc1OCc1ccccc1. The first kappa shape index (κ1) is 16.7. The van der Waals surface area contributed by atoms with E-state index in [1.807, 2.05) is 30.3 Å². The van der Waals surface area contributed by atoms with E-state index in [0.29, 0.717) is 5.56 Å². The molecule has 7 heteroatoms. The number of ketones is 1. The van der Waals surface area contributed by atoms with E-state index >= 15 is 0 Å². The predicted octanol–water partition coefficient (Wildman–Crippen LogP) is 2.49. The third kappa shape index (κ3) is 4.16.